The molecule has 2 heterocycles. The summed E-state index contributed by atoms with van der Waals surface area (Å²) in [6.07, 6.45) is 4.09. The summed E-state index contributed by atoms with van der Waals surface area (Å²) < 4.78 is 32.5. The third kappa shape index (κ3) is 3.32. The highest BCUT2D eigenvalue weighted by molar-refractivity contribution is 7.90. The van der Waals surface area contributed by atoms with Crippen molar-refractivity contribution < 1.29 is 13.2 Å². The molecule has 2 aromatic carbocycles. The molecule has 0 bridgehead atoms. The second-order valence-electron chi connectivity index (χ2n) is 6.42. The Bertz CT molecular complexity index is 993. The lowest BCUT2D eigenvalue weighted by Gasteiger charge is -2.14. The Morgan fingerprint density at radius 1 is 1.04 bits per heavy atom. The topological polar surface area (TPSA) is 64.4 Å². The van der Waals surface area contributed by atoms with E-state index in [1.165, 1.54) is 12.8 Å². The Morgan fingerprint density at radius 2 is 1.81 bits per heavy atom. The van der Waals surface area contributed by atoms with Gasteiger partial charge in [-0.05, 0) is 56.3 Å². The number of fused-ring (bicyclic) bond motifs is 1. The molecule has 1 aromatic heterocycles. The van der Waals surface area contributed by atoms with Crippen molar-refractivity contribution in [2.24, 2.45) is 0 Å². The van der Waals surface area contributed by atoms with E-state index >= 15 is 0 Å². The standard InChI is InChI=1S/C19H21N3O3S/c23-26(24,18-6-2-1-3-7-18)22-19-9-8-17(14-16(19)15-20-22)25-13-12-21-10-4-5-11-21/h1-3,6-9,14-15H,4-5,10-13H2. The van der Waals surface area contributed by atoms with Gasteiger partial charge in [0.25, 0.3) is 10.0 Å². The normalized spacial score (nSPS) is 15.5. The fraction of sp³-hybridized carbons (Fsp3) is 0.316. The summed E-state index contributed by atoms with van der Waals surface area (Å²) in [6, 6.07) is 13.7. The highest BCUT2D eigenvalue weighted by Gasteiger charge is 2.20. The van der Waals surface area contributed by atoms with Gasteiger partial charge in [-0.25, -0.2) is 0 Å². The molecular formula is C19H21N3O3S. The highest BCUT2D eigenvalue weighted by atomic mass is 32.2. The summed E-state index contributed by atoms with van der Waals surface area (Å²) in [7, 11) is -3.71. The van der Waals surface area contributed by atoms with E-state index in [1.54, 1.807) is 48.7 Å². The quantitative estimate of drug-likeness (QED) is 0.667. The molecular weight excluding hydrogens is 350 g/mol. The maximum Gasteiger partial charge on any atom is 0.283 e. The molecule has 1 aliphatic rings. The summed E-state index contributed by atoms with van der Waals surface area (Å²) in [5, 5.41) is 4.83. The van der Waals surface area contributed by atoms with Crippen molar-refractivity contribution in [3.05, 3.63) is 54.7 Å². The molecule has 0 amide bonds. The summed E-state index contributed by atoms with van der Waals surface area (Å²) in [4.78, 5) is 2.61. The van der Waals surface area contributed by atoms with Gasteiger partial charge in [-0.15, -0.1) is 0 Å². The zero-order valence-corrected chi connectivity index (χ0v) is 15.2. The number of nitrogens with zero attached hydrogens (tertiary/aromatic N) is 3. The van der Waals surface area contributed by atoms with Crippen LogP contribution in [0, 0.1) is 0 Å². The van der Waals surface area contributed by atoms with Crippen LogP contribution in [0.5, 0.6) is 5.75 Å². The van der Waals surface area contributed by atoms with Gasteiger partial charge in [0.1, 0.15) is 12.4 Å². The third-order valence-corrected chi connectivity index (χ3v) is 6.26. The van der Waals surface area contributed by atoms with Crippen LogP contribution >= 0.6 is 0 Å². The molecule has 0 N–H and O–H groups in total. The van der Waals surface area contributed by atoms with Gasteiger partial charge in [-0.1, -0.05) is 18.2 Å². The minimum atomic E-state index is -3.71. The van der Waals surface area contributed by atoms with E-state index in [1.807, 2.05) is 6.07 Å². The largest absolute Gasteiger partial charge is 0.492 e. The zero-order chi connectivity index (χ0) is 18.0. The lowest BCUT2D eigenvalue weighted by Crippen LogP contribution is -2.25. The second kappa shape index (κ2) is 7.09. The van der Waals surface area contributed by atoms with E-state index in [9.17, 15) is 8.42 Å². The van der Waals surface area contributed by atoms with Crippen LogP contribution in [0.15, 0.2) is 59.6 Å². The number of ether oxygens (including phenoxy) is 1. The first-order valence-corrected chi connectivity index (χ1v) is 10.2. The number of rotatable bonds is 6. The summed E-state index contributed by atoms with van der Waals surface area (Å²) in [5.41, 5.74) is 0.542. The van der Waals surface area contributed by atoms with Gasteiger partial charge in [0.05, 0.1) is 16.6 Å². The molecule has 0 aliphatic carbocycles. The van der Waals surface area contributed by atoms with Crippen LogP contribution in [0.25, 0.3) is 10.9 Å². The summed E-state index contributed by atoms with van der Waals surface area (Å²) in [5.74, 6) is 0.730. The molecule has 7 heteroatoms. The fourth-order valence-electron chi connectivity index (χ4n) is 3.26. The summed E-state index contributed by atoms with van der Waals surface area (Å²) >= 11 is 0. The van der Waals surface area contributed by atoms with E-state index in [2.05, 4.69) is 10.00 Å². The number of hydrogen-bond donors (Lipinski definition) is 0. The Labute approximate surface area is 153 Å². The minimum Gasteiger partial charge on any atom is -0.492 e. The molecule has 1 saturated heterocycles. The van der Waals surface area contributed by atoms with E-state index < -0.39 is 10.0 Å². The first-order chi connectivity index (χ1) is 12.6. The predicted molar refractivity (Wildman–Crippen MR) is 99.9 cm³/mol. The van der Waals surface area contributed by atoms with Crippen LogP contribution in [0.3, 0.4) is 0 Å². The molecule has 0 radical (unpaired) electrons. The van der Waals surface area contributed by atoms with Gasteiger partial charge >= 0.3 is 0 Å². The maximum atomic E-state index is 12.8. The van der Waals surface area contributed by atoms with Gasteiger partial charge in [-0.2, -0.15) is 17.6 Å². The van der Waals surface area contributed by atoms with Crippen LogP contribution in [-0.4, -0.2) is 48.7 Å². The number of aromatic nitrogens is 2. The van der Waals surface area contributed by atoms with Gasteiger partial charge in [0.2, 0.25) is 0 Å². The van der Waals surface area contributed by atoms with Crippen molar-refractivity contribution in [2.45, 2.75) is 17.7 Å². The number of likely N-dealkylation sites (tertiary alicyclic amines) is 1. The van der Waals surface area contributed by atoms with E-state index in [0.717, 1.165) is 34.9 Å². The average Bonchev–Trinajstić information content (AvgIpc) is 3.32. The van der Waals surface area contributed by atoms with Crippen molar-refractivity contribution in [2.75, 3.05) is 26.2 Å². The lowest BCUT2D eigenvalue weighted by molar-refractivity contribution is 0.238. The average molecular weight is 371 g/mol. The zero-order valence-electron chi connectivity index (χ0n) is 14.4. The van der Waals surface area contributed by atoms with Crippen molar-refractivity contribution in [1.29, 1.82) is 0 Å². The van der Waals surface area contributed by atoms with Crippen molar-refractivity contribution in [3.63, 3.8) is 0 Å². The first kappa shape index (κ1) is 17.1. The predicted octanol–water partition coefficient (Wildman–Crippen LogP) is 2.75. The van der Waals surface area contributed by atoms with Gasteiger partial charge < -0.3 is 4.74 Å². The number of benzene rings is 2. The fourth-order valence-corrected chi connectivity index (χ4v) is 4.56. The van der Waals surface area contributed by atoms with Crippen LogP contribution in [-0.2, 0) is 10.0 Å². The van der Waals surface area contributed by atoms with Crippen LogP contribution in [0.4, 0.5) is 0 Å². The van der Waals surface area contributed by atoms with Gasteiger partial charge in [-0.3, -0.25) is 4.90 Å². The van der Waals surface area contributed by atoms with Crippen LogP contribution in [0.1, 0.15) is 12.8 Å². The minimum absolute atomic E-state index is 0.218. The molecule has 136 valence electrons. The van der Waals surface area contributed by atoms with Crippen molar-refractivity contribution in [1.82, 2.24) is 14.1 Å². The molecule has 1 fully saturated rings. The number of hydrogen-bond acceptors (Lipinski definition) is 5. The summed E-state index contributed by atoms with van der Waals surface area (Å²) in [6.45, 7) is 3.83. The first-order valence-electron chi connectivity index (χ1n) is 8.78. The van der Waals surface area contributed by atoms with Crippen molar-refractivity contribution >= 4 is 20.9 Å². The van der Waals surface area contributed by atoms with Gasteiger partial charge in [0, 0.05) is 11.9 Å². The molecule has 0 spiro atoms. The SMILES string of the molecule is O=S(=O)(c1ccccc1)n1ncc2cc(OCCN3CCCC3)ccc21. The molecule has 4 rings (SSSR count). The van der Waals surface area contributed by atoms with Gasteiger partial charge in [0.15, 0.2) is 0 Å². The second-order valence-corrected chi connectivity index (χ2v) is 8.19. The van der Waals surface area contributed by atoms with E-state index in [4.69, 9.17) is 4.74 Å². The molecule has 0 atom stereocenters. The van der Waals surface area contributed by atoms with Crippen LogP contribution < -0.4 is 4.74 Å². The molecule has 1 aliphatic heterocycles. The van der Waals surface area contributed by atoms with Crippen molar-refractivity contribution in [3.8, 4) is 5.75 Å². The monoisotopic (exact) mass is 371 g/mol. The van der Waals surface area contributed by atoms with E-state index in [0.29, 0.717) is 12.1 Å². The molecule has 3 aromatic rings. The maximum absolute atomic E-state index is 12.8. The Balaban J connectivity index is 1.54. The van der Waals surface area contributed by atoms with Crippen LogP contribution in [0.2, 0.25) is 0 Å². The molecule has 6 nitrogen and oxygen atoms in total. The molecule has 0 saturated carbocycles. The molecule has 0 unspecified atom stereocenters. The Morgan fingerprint density at radius 3 is 2.58 bits per heavy atom. The highest BCUT2D eigenvalue weighted by Crippen LogP contribution is 2.24. The lowest BCUT2D eigenvalue weighted by atomic mass is 10.2. The Kier molecular flexibility index (Phi) is 4.65. The molecule has 26 heavy (non-hydrogen) atoms. The smallest absolute Gasteiger partial charge is 0.283 e. The van der Waals surface area contributed by atoms with E-state index in [-0.39, 0.29) is 4.90 Å². The Hall–Kier alpha value is -2.38. The third-order valence-electron chi connectivity index (χ3n) is 4.65.